The minimum atomic E-state index is 0.756. The summed E-state index contributed by atoms with van der Waals surface area (Å²) < 4.78 is 0. The molecule has 0 aromatic rings. The van der Waals surface area contributed by atoms with Crippen molar-refractivity contribution in [2.75, 3.05) is 7.05 Å². The van der Waals surface area contributed by atoms with E-state index in [1.807, 2.05) is 0 Å². The first-order valence-electron chi connectivity index (χ1n) is 7.45. The van der Waals surface area contributed by atoms with Gasteiger partial charge in [-0.15, -0.1) is 0 Å². The van der Waals surface area contributed by atoms with E-state index in [1.54, 1.807) is 0 Å². The van der Waals surface area contributed by atoms with E-state index in [4.69, 9.17) is 0 Å². The fourth-order valence-electron chi connectivity index (χ4n) is 2.40. The van der Waals surface area contributed by atoms with Crippen LogP contribution < -0.4 is 5.32 Å². The van der Waals surface area contributed by atoms with Crippen LogP contribution in [0.25, 0.3) is 0 Å². The van der Waals surface area contributed by atoms with Crippen LogP contribution in [-0.4, -0.2) is 13.1 Å². The van der Waals surface area contributed by atoms with Gasteiger partial charge in [0.15, 0.2) is 0 Å². The van der Waals surface area contributed by atoms with Crippen molar-refractivity contribution in [3.63, 3.8) is 0 Å². The molecule has 98 valence electrons. The van der Waals surface area contributed by atoms with Crippen LogP contribution in [0.3, 0.4) is 0 Å². The summed E-state index contributed by atoms with van der Waals surface area (Å²) in [6.07, 6.45) is 12.4. The molecule has 0 amide bonds. The Morgan fingerprint density at radius 2 is 1.50 bits per heavy atom. The lowest BCUT2D eigenvalue weighted by atomic mass is 9.92. The van der Waals surface area contributed by atoms with E-state index >= 15 is 0 Å². The number of nitrogens with one attached hydrogen (secondary N) is 1. The highest BCUT2D eigenvalue weighted by Gasteiger charge is 2.11. The van der Waals surface area contributed by atoms with Gasteiger partial charge >= 0.3 is 0 Å². The van der Waals surface area contributed by atoms with Gasteiger partial charge in [-0.05, 0) is 25.8 Å². The van der Waals surface area contributed by atoms with Gasteiger partial charge in [0.25, 0.3) is 0 Å². The molecule has 0 radical (unpaired) electrons. The fraction of sp³-hybridized carbons (Fsp3) is 1.00. The Balaban J connectivity index is 3.57. The van der Waals surface area contributed by atoms with Gasteiger partial charge in [0, 0.05) is 6.04 Å². The van der Waals surface area contributed by atoms with Gasteiger partial charge in [-0.3, -0.25) is 0 Å². The lowest BCUT2D eigenvalue weighted by molar-refractivity contribution is 0.357. The van der Waals surface area contributed by atoms with Crippen molar-refractivity contribution in [3.8, 4) is 0 Å². The zero-order chi connectivity index (χ0) is 12.2. The van der Waals surface area contributed by atoms with E-state index in [2.05, 4.69) is 33.1 Å². The molecular formula is C15H33N. The maximum atomic E-state index is 3.49. The summed E-state index contributed by atoms with van der Waals surface area (Å²) in [6, 6.07) is 0.756. The van der Waals surface area contributed by atoms with Crippen LogP contribution in [0, 0.1) is 5.92 Å². The molecule has 0 aromatic carbocycles. The summed E-state index contributed by atoms with van der Waals surface area (Å²) in [4.78, 5) is 0. The van der Waals surface area contributed by atoms with Crippen LogP contribution in [0.2, 0.25) is 0 Å². The molecule has 1 nitrogen and oxygen atoms in total. The van der Waals surface area contributed by atoms with E-state index in [0.717, 1.165) is 12.0 Å². The quantitative estimate of drug-likeness (QED) is 0.502. The molecule has 0 aliphatic heterocycles. The van der Waals surface area contributed by atoms with Gasteiger partial charge in [-0.2, -0.15) is 0 Å². The Morgan fingerprint density at radius 3 is 2.00 bits per heavy atom. The predicted octanol–water partition coefficient (Wildman–Crippen LogP) is 4.76. The molecule has 1 heteroatoms. The number of hydrogen-bond donors (Lipinski definition) is 1. The van der Waals surface area contributed by atoms with Gasteiger partial charge in [0.05, 0.1) is 0 Å². The highest BCUT2D eigenvalue weighted by atomic mass is 14.9. The normalized spacial score (nSPS) is 13.3. The minimum absolute atomic E-state index is 0.756. The third kappa shape index (κ3) is 8.15. The molecule has 0 aliphatic rings. The second kappa shape index (κ2) is 11.4. The first-order valence-corrected chi connectivity index (χ1v) is 7.45. The maximum absolute atomic E-state index is 3.49. The lowest BCUT2D eigenvalue weighted by Gasteiger charge is -2.21. The third-order valence-corrected chi connectivity index (χ3v) is 3.84. The third-order valence-electron chi connectivity index (χ3n) is 3.84. The van der Waals surface area contributed by atoms with Crippen molar-refractivity contribution >= 4 is 0 Å². The zero-order valence-corrected chi connectivity index (χ0v) is 12.0. The van der Waals surface area contributed by atoms with Crippen molar-refractivity contribution in [1.29, 1.82) is 0 Å². The molecule has 0 saturated heterocycles. The van der Waals surface area contributed by atoms with Gasteiger partial charge in [0.1, 0.15) is 0 Å². The van der Waals surface area contributed by atoms with Gasteiger partial charge in [-0.1, -0.05) is 65.7 Å². The summed E-state index contributed by atoms with van der Waals surface area (Å²) in [7, 11) is 2.12. The molecule has 0 spiro atoms. The van der Waals surface area contributed by atoms with E-state index in [1.165, 1.54) is 57.8 Å². The average Bonchev–Trinajstić information content (AvgIpc) is 2.33. The molecule has 1 N–H and O–H groups in total. The minimum Gasteiger partial charge on any atom is -0.317 e. The summed E-state index contributed by atoms with van der Waals surface area (Å²) in [6.45, 7) is 6.92. The zero-order valence-electron chi connectivity index (χ0n) is 12.0. The lowest BCUT2D eigenvalue weighted by Crippen LogP contribution is -2.27. The number of hydrogen-bond acceptors (Lipinski definition) is 1. The fourth-order valence-corrected chi connectivity index (χ4v) is 2.40. The first kappa shape index (κ1) is 16.0. The molecule has 0 rings (SSSR count). The highest BCUT2D eigenvalue weighted by Crippen LogP contribution is 2.18. The van der Waals surface area contributed by atoms with Crippen molar-refractivity contribution in [2.24, 2.45) is 5.92 Å². The first-order chi connectivity index (χ1) is 7.78. The molecule has 1 atom stereocenters. The molecule has 1 unspecified atom stereocenters. The van der Waals surface area contributed by atoms with Crippen molar-refractivity contribution in [3.05, 3.63) is 0 Å². The standard InChI is InChI=1S/C15H33N/c1-5-8-9-10-11-12-15(16-4)13-14(6-2)7-3/h14-16H,5-13H2,1-4H3. The Morgan fingerprint density at radius 1 is 0.875 bits per heavy atom. The summed E-state index contributed by atoms with van der Waals surface area (Å²) in [5, 5.41) is 3.49. The maximum Gasteiger partial charge on any atom is 0.00666 e. The monoisotopic (exact) mass is 227 g/mol. The summed E-state index contributed by atoms with van der Waals surface area (Å²) in [5.41, 5.74) is 0. The average molecular weight is 227 g/mol. The van der Waals surface area contributed by atoms with E-state index in [-0.39, 0.29) is 0 Å². The van der Waals surface area contributed by atoms with Crippen LogP contribution in [-0.2, 0) is 0 Å². The van der Waals surface area contributed by atoms with Crippen LogP contribution in [0.5, 0.6) is 0 Å². The topological polar surface area (TPSA) is 12.0 Å². The second-order valence-electron chi connectivity index (χ2n) is 5.11. The van der Waals surface area contributed by atoms with E-state index < -0.39 is 0 Å². The number of rotatable bonds is 11. The van der Waals surface area contributed by atoms with E-state index in [9.17, 15) is 0 Å². The van der Waals surface area contributed by atoms with Crippen LogP contribution in [0.1, 0.15) is 78.6 Å². The van der Waals surface area contributed by atoms with Crippen molar-refractivity contribution in [2.45, 2.75) is 84.6 Å². The molecule has 0 fully saturated rings. The van der Waals surface area contributed by atoms with Gasteiger partial charge < -0.3 is 5.32 Å². The van der Waals surface area contributed by atoms with E-state index in [0.29, 0.717) is 0 Å². The van der Waals surface area contributed by atoms with Crippen LogP contribution in [0.15, 0.2) is 0 Å². The largest absolute Gasteiger partial charge is 0.317 e. The molecule has 0 heterocycles. The molecular weight excluding hydrogens is 194 g/mol. The Bertz CT molecular complexity index is 129. The molecule has 0 aliphatic carbocycles. The molecule has 16 heavy (non-hydrogen) atoms. The highest BCUT2D eigenvalue weighted by molar-refractivity contribution is 4.69. The predicted molar refractivity (Wildman–Crippen MR) is 74.9 cm³/mol. The summed E-state index contributed by atoms with van der Waals surface area (Å²) >= 11 is 0. The Kier molecular flexibility index (Phi) is 11.4. The SMILES string of the molecule is CCCCCCCC(CC(CC)CC)NC. The van der Waals surface area contributed by atoms with Gasteiger partial charge in [-0.25, -0.2) is 0 Å². The molecule has 0 aromatic heterocycles. The second-order valence-corrected chi connectivity index (χ2v) is 5.11. The summed E-state index contributed by atoms with van der Waals surface area (Å²) in [5.74, 6) is 0.924. The van der Waals surface area contributed by atoms with Crippen LogP contribution in [0.4, 0.5) is 0 Å². The van der Waals surface area contributed by atoms with Crippen LogP contribution >= 0.6 is 0 Å². The smallest absolute Gasteiger partial charge is 0.00666 e. The van der Waals surface area contributed by atoms with Crippen molar-refractivity contribution < 1.29 is 0 Å². The van der Waals surface area contributed by atoms with Gasteiger partial charge in [0.2, 0.25) is 0 Å². The van der Waals surface area contributed by atoms with Crippen molar-refractivity contribution in [1.82, 2.24) is 5.32 Å². The molecule has 0 saturated carbocycles. The molecule has 0 bridgehead atoms. The Labute approximate surface area is 103 Å². The Hall–Kier alpha value is -0.0400. The number of unbranched alkanes of at least 4 members (excludes halogenated alkanes) is 4.